The van der Waals surface area contributed by atoms with Crippen LogP contribution >= 0.6 is 27.5 Å². The maximum Gasteiger partial charge on any atom is 0.306 e. The van der Waals surface area contributed by atoms with Crippen LogP contribution < -0.4 is 16.2 Å². The van der Waals surface area contributed by atoms with Crippen LogP contribution in [0.3, 0.4) is 0 Å². The number of nitrogens with one attached hydrogen (secondary N) is 3. The number of hydrogen-bond donors (Lipinski definition) is 3. The minimum absolute atomic E-state index is 0.201. The summed E-state index contributed by atoms with van der Waals surface area (Å²) < 4.78 is 5.79. The molecule has 31 heavy (non-hydrogen) atoms. The summed E-state index contributed by atoms with van der Waals surface area (Å²) in [6, 6.07) is 11.8. The molecule has 3 amide bonds. The van der Waals surface area contributed by atoms with Gasteiger partial charge < -0.3 is 10.1 Å². The molecule has 0 fully saturated rings. The highest BCUT2D eigenvalue weighted by atomic mass is 79.9. The van der Waals surface area contributed by atoms with Crippen LogP contribution in [0.4, 0.5) is 5.69 Å². The molecule has 0 aliphatic rings. The lowest BCUT2D eigenvalue weighted by molar-refractivity contribution is -0.148. The Hall–Kier alpha value is -2.91. The SMILES string of the molecule is CCc1cc(Br)ccc1NC(=O)COC(=O)CCC(=O)NNC(=O)c1ccccc1Cl. The van der Waals surface area contributed by atoms with Crippen molar-refractivity contribution in [2.75, 3.05) is 11.9 Å². The van der Waals surface area contributed by atoms with Crippen LogP contribution in [0.1, 0.15) is 35.7 Å². The maximum atomic E-state index is 12.0. The quantitative estimate of drug-likeness (QED) is 0.372. The van der Waals surface area contributed by atoms with E-state index in [-0.39, 0.29) is 23.4 Å². The number of anilines is 1. The van der Waals surface area contributed by atoms with Gasteiger partial charge in [0.25, 0.3) is 11.8 Å². The van der Waals surface area contributed by atoms with E-state index in [4.69, 9.17) is 16.3 Å². The van der Waals surface area contributed by atoms with Crippen LogP contribution in [0.2, 0.25) is 5.02 Å². The van der Waals surface area contributed by atoms with Crippen LogP contribution in [0.25, 0.3) is 0 Å². The van der Waals surface area contributed by atoms with Gasteiger partial charge in [-0.1, -0.05) is 46.6 Å². The maximum absolute atomic E-state index is 12.0. The molecule has 0 radical (unpaired) electrons. The number of ether oxygens (including phenoxy) is 1. The Morgan fingerprint density at radius 3 is 2.45 bits per heavy atom. The largest absolute Gasteiger partial charge is 0.456 e. The number of aryl methyl sites for hydroxylation is 1. The van der Waals surface area contributed by atoms with Gasteiger partial charge >= 0.3 is 5.97 Å². The molecule has 164 valence electrons. The van der Waals surface area contributed by atoms with Gasteiger partial charge in [0, 0.05) is 16.6 Å². The molecule has 2 aromatic rings. The zero-order chi connectivity index (χ0) is 22.8. The van der Waals surface area contributed by atoms with E-state index in [1.807, 2.05) is 13.0 Å². The van der Waals surface area contributed by atoms with Crippen molar-refractivity contribution in [1.82, 2.24) is 10.9 Å². The van der Waals surface area contributed by atoms with Gasteiger partial charge in [-0.2, -0.15) is 0 Å². The van der Waals surface area contributed by atoms with Gasteiger partial charge in [-0.15, -0.1) is 0 Å². The summed E-state index contributed by atoms with van der Waals surface area (Å²) in [5.41, 5.74) is 6.18. The molecule has 0 atom stereocenters. The summed E-state index contributed by atoms with van der Waals surface area (Å²) in [5, 5.41) is 2.93. The molecular formula is C21H21BrClN3O5. The van der Waals surface area contributed by atoms with Gasteiger partial charge in [-0.05, 0) is 42.3 Å². The second-order valence-electron chi connectivity index (χ2n) is 6.35. The first-order valence-corrected chi connectivity index (χ1v) is 10.5. The monoisotopic (exact) mass is 509 g/mol. The van der Waals surface area contributed by atoms with Crippen molar-refractivity contribution in [3.63, 3.8) is 0 Å². The Balaban J connectivity index is 1.69. The smallest absolute Gasteiger partial charge is 0.306 e. The molecule has 8 nitrogen and oxygen atoms in total. The highest BCUT2D eigenvalue weighted by molar-refractivity contribution is 9.10. The minimum Gasteiger partial charge on any atom is -0.456 e. The Labute approximate surface area is 192 Å². The van der Waals surface area contributed by atoms with Gasteiger partial charge in [-0.3, -0.25) is 30.0 Å². The first-order chi connectivity index (χ1) is 14.8. The second kappa shape index (κ2) is 12.1. The van der Waals surface area contributed by atoms with Gasteiger partial charge in [0.15, 0.2) is 6.61 Å². The summed E-state index contributed by atoms with van der Waals surface area (Å²) in [5.74, 6) is -2.38. The van der Waals surface area contributed by atoms with Crippen molar-refractivity contribution in [3.8, 4) is 0 Å². The normalized spacial score (nSPS) is 10.2. The van der Waals surface area contributed by atoms with Crippen LogP contribution in [-0.4, -0.2) is 30.3 Å². The molecule has 2 rings (SSSR count). The Kier molecular flexibility index (Phi) is 9.48. The average Bonchev–Trinajstić information content (AvgIpc) is 2.76. The molecular weight excluding hydrogens is 490 g/mol. The third-order valence-corrected chi connectivity index (χ3v) is 4.90. The predicted molar refractivity (Wildman–Crippen MR) is 119 cm³/mol. The van der Waals surface area contributed by atoms with Gasteiger partial charge in [0.2, 0.25) is 5.91 Å². The van der Waals surface area contributed by atoms with E-state index < -0.39 is 30.3 Å². The van der Waals surface area contributed by atoms with E-state index in [0.717, 1.165) is 16.5 Å². The van der Waals surface area contributed by atoms with E-state index in [1.165, 1.54) is 6.07 Å². The molecule has 0 saturated carbocycles. The van der Waals surface area contributed by atoms with Crippen LogP contribution in [0.5, 0.6) is 0 Å². The lowest BCUT2D eigenvalue weighted by Crippen LogP contribution is -2.41. The van der Waals surface area contributed by atoms with Crippen molar-refractivity contribution in [2.24, 2.45) is 0 Å². The molecule has 0 saturated heterocycles. The van der Waals surface area contributed by atoms with Crippen LogP contribution in [0, 0.1) is 0 Å². The Morgan fingerprint density at radius 1 is 1.00 bits per heavy atom. The zero-order valence-electron chi connectivity index (χ0n) is 16.7. The molecule has 0 unspecified atom stereocenters. The lowest BCUT2D eigenvalue weighted by Gasteiger charge is -2.11. The first-order valence-electron chi connectivity index (χ1n) is 9.37. The predicted octanol–water partition coefficient (Wildman–Crippen LogP) is 3.39. The standard InChI is InChI=1S/C21H21BrClN3O5/c1-2-13-11-14(22)7-8-17(13)24-19(28)12-31-20(29)10-9-18(27)25-26-21(30)15-5-3-4-6-16(15)23/h3-8,11H,2,9-10,12H2,1H3,(H,24,28)(H,25,27)(H,26,30). The zero-order valence-corrected chi connectivity index (χ0v) is 19.0. The van der Waals surface area contributed by atoms with E-state index in [2.05, 4.69) is 32.1 Å². The number of benzene rings is 2. The number of carbonyl (C=O) groups excluding carboxylic acids is 4. The summed E-state index contributed by atoms with van der Waals surface area (Å²) >= 11 is 9.27. The average molecular weight is 511 g/mol. The van der Waals surface area contributed by atoms with Gasteiger partial charge in [0.1, 0.15) is 0 Å². The van der Waals surface area contributed by atoms with E-state index in [9.17, 15) is 19.2 Å². The first kappa shape index (κ1) is 24.4. The number of amides is 3. The van der Waals surface area contributed by atoms with Crippen molar-refractivity contribution in [3.05, 3.63) is 63.1 Å². The van der Waals surface area contributed by atoms with E-state index in [0.29, 0.717) is 5.69 Å². The number of hydrogen-bond acceptors (Lipinski definition) is 5. The van der Waals surface area contributed by atoms with Crippen molar-refractivity contribution in [2.45, 2.75) is 26.2 Å². The van der Waals surface area contributed by atoms with Crippen molar-refractivity contribution >= 4 is 56.9 Å². The highest BCUT2D eigenvalue weighted by Crippen LogP contribution is 2.21. The van der Waals surface area contributed by atoms with E-state index >= 15 is 0 Å². The van der Waals surface area contributed by atoms with Gasteiger partial charge in [0.05, 0.1) is 17.0 Å². The highest BCUT2D eigenvalue weighted by Gasteiger charge is 2.14. The summed E-state index contributed by atoms with van der Waals surface area (Å²) in [6.45, 7) is 1.49. The molecule has 2 aromatic carbocycles. The minimum atomic E-state index is -0.714. The molecule has 3 N–H and O–H groups in total. The van der Waals surface area contributed by atoms with Crippen molar-refractivity contribution < 1.29 is 23.9 Å². The number of esters is 1. The number of halogens is 2. The third-order valence-electron chi connectivity index (χ3n) is 4.08. The number of hydrazine groups is 1. The molecule has 0 aliphatic heterocycles. The van der Waals surface area contributed by atoms with Crippen molar-refractivity contribution in [1.29, 1.82) is 0 Å². The molecule has 10 heteroatoms. The molecule has 0 bridgehead atoms. The lowest BCUT2D eigenvalue weighted by atomic mass is 10.1. The summed E-state index contributed by atoms with van der Waals surface area (Å²) in [6.07, 6.45) is 0.243. The second-order valence-corrected chi connectivity index (χ2v) is 7.67. The van der Waals surface area contributed by atoms with Crippen LogP contribution in [0.15, 0.2) is 46.9 Å². The van der Waals surface area contributed by atoms with Gasteiger partial charge in [-0.25, -0.2) is 0 Å². The fourth-order valence-corrected chi connectivity index (χ4v) is 3.13. The summed E-state index contributed by atoms with van der Waals surface area (Å²) in [7, 11) is 0. The fraction of sp³-hybridized carbons (Fsp3) is 0.238. The Morgan fingerprint density at radius 2 is 1.74 bits per heavy atom. The molecule has 0 spiro atoms. The number of carbonyl (C=O) groups is 4. The molecule has 0 aromatic heterocycles. The number of rotatable bonds is 8. The fourth-order valence-electron chi connectivity index (χ4n) is 2.50. The third kappa shape index (κ3) is 8.03. The molecule has 0 heterocycles. The summed E-state index contributed by atoms with van der Waals surface area (Å²) in [4.78, 5) is 47.5. The van der Waals surface area contributed by atoms with E-state index in [1.54, 1.807) is 30.3 Å². The Bertz CT molecular complexity index is 983. The topological polar surface area (TPSA) is 114 Å². The molecule has 0 aliphatic carbocycles. The van der Waals surface area contributed by atoms with Crippen LogP contribution in [-0.2, 0) is 25.5 Å².